The van der Waals surface area contributed by atoms with Crippen molar-refractivity contribution in [1.29, 1.82) is 0 Å². The predicted octanol–water partition coefficient (Wildman–Crippen LogP) is 0.302. The molecule has 78 valence electrons. The van der Waals surface area contributed by atoms with Gasteiger partial charge < -0.3 is 5.73 Å². The third-order valence-corrected chi connectivity index (χ3v) is 2.92. The number of nitrogens with zero attached hydrogens (tertiary/aromatic N) is 1. The van der Waals surface area contributed by atoms with Crippen molar-refractivity contribution in [3.63, 3.8) is 0 Å². The van der Waals surface area contributed by atoms with Crippen LogP contribution in [0.15, 0.2) is 4.79 Å². The second kappa shape index (κ2) is 3.57. The third kappa shape index (κ3) is 2.04. The van der Waals surface area contributed by atoms with Gasteiger partial charge in [-0.05, 0) is 12.8 Å². The van der Waals surface area contributed by atoms with Crippen molar-refractivity contribution in [1.82, 2.24) is 15.2 Å². The molecule has 1 aliphatic rings. The van der Waals surface area contributed by atoms with E-state index in [0.29, 0.717) is 12.2 Å². The number of hydrogen-bond donors (Lipinski definition) is 3. The van der Waals surface area contributed by atoms with Gasteiger partial charge in [0.15, 0.2) is 0 Å². The summed E-state index contributed by atoms with van der Waals surface area (Å²) in [5, 5.41) is 6.24. The van der Waals surface area contributed by atoms with Crippen LogP contribution in [-0.2, 0) is 6.42 Å². The summed E-state index contributed by atoms with van der Waals surface area (Å²) in [5.41, 5.74) is 5.82. The topological polar surface area (TPSA) is 87.6 Å². The molecule has 0 unspecified atom stereocenters. The van der Waals surface area contributed by atoms with Crippen LogP contribution in [0.25, 0.3) is 0 Å². The van der Waals surface area contributed by atoms with Gasteiger partial charge in [-0.1, -0.05) is 19.3 Å². The van der Waals surface area contributed by atoms with Crippen molar-refractivity contribution in [2.45, 2.75) is 44.1 Å². The van der Waals surface area contributed by atoms with Crippen LogP contribution in [0.2, 0.25) is 0 Å². The fourth-order valence-electron chi connectivity index (χ4n) is 2.16. The molecule has 0 aliphatic heterocycles. The summed E-state index contributed by atoms with van der Waals surface area (Å²) in [6.07, 6.45) is 6.38. The normalized spacial score (nSPS) is 20.9. The zero-order valence-corrected chi connectivity index (χ0v) is 8.18. The van der Waals surface area contributed by atoms with Crippen molar-refractivity contribution in [2.24, 2.45) is 5.73 Å². The van der Waals surface area contributed by atoms with Gasteiger partial charge in [0.05, 0.1) is 0 Å². The minimum absolute atomic E-state index is 0.156. The van der Waals surface area contributed by atoms with Gasteiger partial charge in [0.1, 0.15) is 5.82 Å². The molecule has 0 saturated heterocycles. The zero-order chi connectivity index (χ0) is 10.0. The van der Waals surface area contributed by atoms with Crippen LogP contribution in [-0.4, -0.2) is 20.7 Å². The first kappa shape index (κ1) is 9.45. The molecule has 4 N–H and O–H groups in total. The molecular formula is C9H16N4O. The smallest absolute Gasteiger partial charge is 0.325 e. The van der Waals surface area contributed by atoms with E-state index >= 15 is 0 Å². The van der Waals surface area contributed by atoms with Crippen molar-refractivity contribution >= 4 is 0 Å². The Labute approximate surface area is 82.1 Å². The monoisotopic (exact) mass is 196 g/mol. The van der Waals surface area contributed by atoms with Gasteiger partial charge in [-0.3, -0.25) is 4.98 Å². The van der Waals surface area contributed by atoms with Crippen LogP contribution >= 0.6 is 0 Å². The lowest BCUT2D eigenvalue weighted by atomic mass is 9.80. The second-order valence-corrected chi connectivity index (χ2v) is 4.22. The van der Waals surface area contributed by atoms with E-state index in [1.807, 2.05) is 0 Å². The standard InChI is InChI=1S/C9H16N4O/c10-9(4-2-1-3-5-9)6-7-11-8(14)13-12-7/h1-6,10H2,(H2,11,12,13,14). The second-order valence-electron chi connectivity index (χ2n) is 4.22. The number of aromatic amines is 2. The highest BCUT2D eigenvalue weighted by Crippen LogP contribution is 2.27. The summed E-state index contributed by atoms with van der Waals surface area (Å²) in [6.45, 7) is 0. The molecule has 1 heterocycles. The first-order valence-electron chi connectivity index (χ1n) is 5.10. The van der Waals surface area contributed by atoms with Gasteiger partial charge in [0.25, 0.3) is 0 Å². The molecule has 1 aromatic rings. The van der Waals surface area contributed by atoms with Gasteiger partial charge >= 0.3 is 5.69 Å². The summed E-state index contributed by atoms with van der Waals surface area (Å²) in [4.78, 5) is 13.5. The number of aromatic nitrogens is 3. The molecule has 0 radical (unpaired) electrons. The Morgan fingerprint density at radius 2 is 2.07 bits per heavy atom. The first-order valence-corrected chi connectivity index (χ1v) is 5.10. The molecule has 1 aliphatic carbocycles. The maximum atomic E-state index is 10.8. The lowest BCUT2D eigenvalue weighted by Crippen LogP contribution is -2.44. The van der Waals surface area contributed by atoms with Gasteiger partial charge in [-0.25, -0.2) is 9.89 Å². The molecule has 1 aromatic heterocycles. The highest BCUT2D eigenvalue weighted by molar-refractivity contribution is 4.97. The number of nitrogens with two attached hydrogens (primary N) is 1. The molecular weight excluding hydrogens is 180 g/mol. The van der Waals surface area contributed by atoms with Crippen molar-refractivity contribution in [2.75, 3.05) is 0 Å². The SMILES string of the molecule is NC1(Cc2n[nH]c(=O)[nH]2)CCCCC1. The Hall–Kier alpha value is -1.10. The average Bonchev–Trinajstić information content (AvgIpc) is 2.51. The lowest BCUT2D eigenvalue weighted by molar-refractivity contribution is 0.290. The van der Waals surface area contributed by atoms with Gasteiger partial charge in [-0.2, -0.15) is 5.10 Å². The molecule has 5 heteroatoms. The highest BCUT2D eigenvalue weighted by Gasteiger charge is 2.28. The number of rotatable bonds is 2. The Kier molecular flexibility index (Phi) is 2.41. The Balaban J connectivity index is 2.05. The fourth-order valence-corrected chi connectivity index (χ4v) is 2.16. The van der Waals surface area contributed by atoms with E-state index in [2.05, 4.69) is 15.2 Å². The molecule has 0 atom stereocenters. The van der Waals surface area contributed by atoms with E-state index in [4.69, 9.17) is 5.73 Å². The van der Waals surface area contributed by atoms with Gasteiger partial charge in [0, 0.05) is 12.0 Å². The van der Waals surface area contributed by atoms with E-state index in [9.17, 15) is 4.79 Å². The van der Waals surface area contributed by atoms with Gasteiger partial charge in [0.2, 0.25) is 0 Å². The maximum Gasteiger partial charge on any atom is 0.340 e. The predicted molar refractivity (Wildman–Crippen MR) is 52.9 cm³/mol. The molecule has 2 rings (SSSR count). The molecule has 0 spiro atoms. The van der Waals surface area contributed by atoms with Crippen molar-refractivity contribution < 1.29 is 0 Å². The largest absolute Gasteiger partial charge is 0.340 e. The summed E-state index contributed by atoms with van der Waals surface area (Å²) >= 11 is 0. The van der Waals surface area contributed by atoms with Crippen LogP contribution in [0.1, 0.15) is 37.9 Å². The summed E-state index contributed by atoms with van der Waals surface area (Å²) < 4.78 is 0. The van der Waals surface area contributed by atoms with Crippen LogP contribution in [0, 0.1) is 0 Å². The molecule has 1 fully saturated rings. The molecule has 0 aromatic carbocycles. The van der Waals surface area contributed by atoms with Crippen molar-refractivity contribution in [3.8, 4) is 0 Å². The molecule has 0 amide bonds. The highest BCUT2D eigenvalue weighted by atomic mass is 16.1. The van der Waals surface area contributed by atoms with E-state index in [-0.39, 0.29) is 11.2 Å². The van der Waals surface area contributed by atoms with Crippen LogP contribution in [0.4, 0.5) is 0 Å². The average molecular weight is 196 g/mol. The zero-order valence-electron chi connectivity index (χ0n) is 8.18. The number of H-pyrrole nitrogens is 2. The number of nitrogens with one attached hydrogen (secondary N) is 2. The van der Waals surface area contributed by atoms with E-state index in [1.54, 1.807) is 0 Å². The Morgan fingerprint density at radius 1 is 1.36 bits per heavy atom. The van der Waals surface area contributed by atoms with E-state index < -0.39 is 0 Å². The first-order chi connectivity index (χ1) is 6.68. The Bertz CT molecular complexity index is 348. The molecule has 14 heavy (non-hydrogen) atoms. The van der Waals surface area contributed by atoms with Crippen LogP contribution < -0.4 is 11.4 Å². The quantitative estimate of drug-likeness (QED) is 0.635. The molecule has 1 saturated carbocycles. The van der Waals surface area contributed by atoms with Crippen LogP contribution in [0.5, 0.6) is 0 Å². The third-order valence-electron chi connectivity index (χ3n) is 2.92. The summed E-state index contributed by atoms with van der Waals surface area (Å²) in [7, 11) is 0. The summed E-state index contributed by atoms with van der Waals surface area (Å²) in [5.74, 6) is 0.680. The van der Waals surface area contributed by atoms with Gasteiger partial charge in [-0.15, -0.1) is 0 Å². The lowest BCUT2D eigenvalue weighted by Gasteiger charge is -2.32. The fraction of sp³-hybridized carbons (Fsp3) is 0.778. The van der Waals surface area contributed by atoms with E-state index in [1.165, 1.54) is 19.3 Å². The summed E-state index contributed by atoms with van der Waals surface area (Å²) in [6, 6.07) is 0. The molecule has 0 bridgehead atoms. The van der Waals surface area contributed by atoms with Crippen LogP contribution in [0.3, 0.4) is 0 Å². The molecule has 5 nitrogen and oxygen atoms in total. The number of hydrogen-bond acceptors (Lipinski definition) is 3. The maximum absolute atomic E-state index is 10.8. The van der Waals surface area contributed by atoms with Crippen molar-refractivity contribution in [3.05, 3.63) is 16.3 Å². The Morgan fingerprint density at radius 3 is 2.64 bits per heavy atom. The minimum atomic E-state index is -0.251. The van der Waals surface area contributed by atoms with E-state index in [0.717, 1.165) is 12.8 Å². The minimum Gasteiger partial charge on any atom is -0.325 e.